The van der Waals surface area contributed by atoms with Crippen LogP contribution >= 0.6 is 8.60 Å². The first-order chi connectivity index (χ1) is 3.15. The second kappa shape index (κ2) is 9.55. The third-order valence-electron chi connectivity index (χ3n) is 0. The fourth-order valence-electron chi connectivity index (χ4n) is 0. The molecule has 3 N–H and O–H groups in total. The topological polar surface area (TPSA) is 69.9 Å². The molecule has 0 saturated heterocycles. The minimum Gasteiger partial charge on any atom is -0.388 e. The van der Waals surface area contributed by atoms with Crippen molar-refractivity contribution in [1.82, 2.24) is 0 Å². The lowest BCUT2D eigenvalue weighted by molar-refractivity contribution is 0.277. The molecule has 7 heavy (non-hydrogen) atoms. The molecule has 0 radical (unpaired) electrons. The van der Waals surface area contributed by atoms with E-state index in [-0.39, 0.29) is 0 Å². The molecule has 0 aromatic carbocycles. The van der Waals surface area contributed by atoms with E-state index in [1.807, 2.05) is 0 Å². The first-order valence-corrected chi connectivity index (χ1v) is 2.62. The van der Waals surface area contributed by atoms with Gasteiger partial charge in [0.25, 0.3) is 0 Å². The molecule has 0 aliphatic heterocycles. The number of hydrogen-bond donors (Lipinski definition) is 3. The Balaban J connectivity index is 0. The van der Waals surface area contributed by atoms with Crippen LogP contribution in [0.3, 0.4) is 0 Å². The SMILES string of the molecule is COC.OP(O)O. The van der Waals surface area contributed by atoms with Crippen molar-refractivity contribution >= 4 is 8.60 Å². The molecule has 5 heteroatoms. The molecule has 0 aromatic heterocycles. The molecule has 0 atom stereocenters. The van der Waals surface area contributed by atoms with E-state index in [0.29, 0.717) is 0 Å². The zero-order valence-corrected chi connectivity index (χ0v) is 5.09. The maximum Gasteiger partial charge on any atom is 0.324 e. The molecule has 46 valence electrons. The Labute approximate surface area is 43.4 Å². The maximum atomic E-state index is 7.23. The summed E-state index contributed by atoms with van der Waals surface area (Å²) >= 11 is 0. The van der Waals surface area contributed by atoms with E-state index in [9.17, 15) is 0 Å². The normalized spacial score (nSPS) is 7.71. The summed E-state index contributed by atoms with van der Waals surface area (Å²) in [6.07, 6.45) is 0. The molecule has 0 unspecified atom stereocenters. The zero-order chi connectivity index (χ0) is 6.28. The fraction of sp³-hybridized carbons (Fsp3) is 1.00. The van der Waals surface area contributed by atoms with E-state index in [0.717, 1.165) is 0 Å². The third-order valence-corrected chi connectivity index (χ3v) is 0. The summed E-state index contributed by atoms with van der Waals surface area (Å²) in [7, 11) is 0.630. The summed E-state index contributed by atoms with van der Waals surface area (Å²) < 4.78 is 4.25. The Hall–Kier alpha value is 0.270. The highest BCUT2D eigenvalue weighted by Gasteiger charge is 1.76. The molecule has 0 aromatic rings. The van der Waals surface area contributed by atoms with Gasteiger partial charge in [0.15, 0.2) is 0 Å². The monoisotopic (exact) mass is 128 g/mol. The second-order valence-corrected chi connectivity index (χ2v) is 1.21. The minimum absolute atomic E-state index is 1.62. The quantitative estimate of drug-likeness (QED) is 0.383. The van der Waals surface area contributed by atoms with Gasteiger partial charge in [-0.05, 0) is 0 Å². The van der Waals surface area contributed by atoms with E-state index in [4.69, 9.17) is 14.7 Å². The Bertz CT molecular complexity index is 20.9. The summed E-state index contributed by atoms with van der Waals surface area (Å²) in [5.74, 6) is 0. The van der Waals surface area contributed by atoms with Crippen molar-refractivity contribution in [3.05, 3.63) is 0 Å². The van der Waals surface area contributed by atoms with Crippen LogP contribution < -0.4 is 0 Å². The van der Waals surface area contributed by atoms with Crippen molar-refractivity contribution in [2.75, 3.05) is 14.2 Å². The first-order valence-electron chi connectivity index (χ1n) is 1.42. The predicted molar refractivity (Wildman–Crippen MR) is 26.5 cm³/mol. The molecule has 4 nitrogen and oxygen atoms in total. The van der Waals surface area contributed by atoms with E-state index >= 15 is 0 Å². The van der Waals surface area contributed by atoms with Gasteiger partial charge in [-0.25, -0.2) is 0 Å². The summed E-state index contributed by atoms with van der Waals surface area (Å²) in [6, 6.07) is 0. The molecule has 0 amide bonds. The standard InChI is InChI=1S/C2H6O.H3O3P/c1-3-2;1-4(2)3/h1-2H3;1-3H. The Morgan fingerprint density at radius 1 is 1.14 bits per heavy atom. The Kier molecular flexibility index (Phi) is 14.0. The summed E-state index contributed by atoms with van der Waals surface area (Å²) in [5.41, 5.74) is 0. The van der Waals surface area contributed by atoms with Crippen LogP contribution in [0.4, 0.5) is 0 Å². The molecular formula is C2H9O4P. The van der Waals surface area contributed by atoms with Gasteiger partial charge in [-0.2, -0.15) is 0 Å². The van der Waals surface area contributed by atoms with Gasteiger partial charge in [-0.15, -0.1) is 0 Å². The smallest absolute Gasteiger partial charge is 0.324 e. The molecule has 0 spiro atoms. The van der Waals surface area contributed by atoms with Crippen LogP contribution in [-0.2, 0) is 4.74 Å². The van der Waals surface area contributed by atoms with Crippen LogP contribution in [0.2, 0.25) is 0 Å². The minimum atomic E-state index is -2.62. The van der Waals surface area contributed by atoms with Crippen molar-refractivity contribution in [3.63, 3.8) is 0 Å². The first kappa shape index (κ1) is 10.3. The lowest BCUT2D eigenvalue weighted by Crippen LogP contribution is -1.55. The summed E-state index contributed by atoms with van der Waals surface area (Å²) in [4.78, 5) is 21.7. The molecule has 0 rings (SSSR count). The Morgan fingerprint density at radius 2 is 1.14 bits per heavy atom. The maximum absolute atomic E-state index is 7.23. The fourth-order valence-corrected chi connectivity index (χ4v) is 0. The predicted octanol–water partition coefficient (Wildman–Crippen LogP) is -0.547. The molecule has 0 aliphatic carbocycles. The zero-order valence-electron chi connectivity index (χ0n) is 4.20. The van der Waals surface area contributed by atoms with Gasteiger partial charge in [0, 0.05) is 14.2 Å². The third kappa shape index (κ3) is 1570. The highest BCUT2D eigenvalue weighted by molar-refractivity contribution is 7.38. The van der Waals surface area contributed by atoms with Gasteiger partial charge < -0.3 is 19.4 Å². The van der Waals surface area contributed by atoms with E-state index in [1.165, 1.54) is 0 Å². The molecule has 0 bridgehead atoms. The number of rotatable bonds is 0. The second-order valence-electron chi connectivity index (χ2n) is 0.677. The van der Waals surface area contributed by atoms with Crippen LogP contribution in [0, 0.1) is 0 Å². The number of ether oxygens (including phenoxy) is 1. The highest BCUT2D eigenvalue weighted by atomic mass is 31.2. The summed E-state index contributed by atoms with van der Waals surface area (Å²) in [5, 5.41) is 0. The van der Waals surface area contributed by atoms with Crippen molar-refractivity contribution < 1.29 is 19.4 Å². The molecule has 0 fully saturated rings. The van der Waals surface area contributed by atoms with Crippen molar-refractivity contribution in [3.8, 4) is 0 Å². The lowest BCUT2D eigenvalue weighted by Gasteiger charge is -1.76. The van der Waals surface area contributed by atoms with E-state index in [2.05, 4.69) is 4.74 Å². The van der Waals surface area contributed by atoms with Gasteiger partial charge in [0.05, 0.1) is 0 Å². The average Bonchev–Trinajstić information content (AvgIpc) is 1.33. The van der Waals surface area contributed by atoms with E-state index < -0.39 is 8.60 Å². The van der Waals surface area contributed by atoms with Gasteiger partial charge in [-0.1, -0.05) is 0 Å². The summed E-state index contributed by atoms with van der Waals surface area (Å²) in [6.45, 7) is 0. The number of methoxy groups -OCH3 is 1. The highest BCUT2D eigenvalue weighted by Crippen LogP contribution is 2.11. The molecular weight excluding hydrogens is 119 g/mol. The molecule has 0 aliphatic rings. The van der Waals surface area contributed by atoms with E-state index in [1.54, 1.807) is 14.2 Å². The van der Waals surface area contributed by atoms with Crippen LogP contribution in [0.5, 0.6) is 0 Å². The van der Waals surface area contributed by atoms with Crippen molar-refractivity contribution in [2.45, 2.75) is 0 Å². The average molecular weight is 128 g/mol. The van der Waals surface area contributed by atoms with Crippen molar-refractivity contribution in [2.24, 2.45) is 0 Å². The molecule has 0 saturated carbocycles. The van der Waals surface area contributed by atoms with Crippen molar-refractivity contribution in [1.29, 1.82) is 0 Å². The van der Waals surface area contributed by atoms with Gasteiger partial charge in [-0.3, -0.25) is 0 Å². The van der Waals surface area contributed by atoms with Crippen LogP contribution in [0.1, 0.15) is 0 Å². The van der Waals surface area contributed by atoms with Crippen LogP contribution in [0.15, 0.2) is 0 Å². The lowest BCUT2D eigenvalue weighted by atomic mass is 11.6. The molecule has 0 heterocycles. The van der Waals surface area contributed by atoms with Crippen LogP contribution in [0.25, 0.3) is 0 Å². The largest absolute Gasteiger partial charge is 0.388 e. The van der Waals surface area contributed by atoms with Gasteiger partial charge in [0.2, 0.25) is 0 Å². The van der Waals surface area contributed by atoms with Crippen LogP contribution in [-0.4, -0.2) is 28.9 Å². The van der Waals surface area contributed by atoms with Gasteiger partial charge >= 0.3 is 8.60 Å². The number of hydrogen-bond acceptors (Lipinski definition) is 4. The van der Waals surface area contributed by atoms with Gasteiger partial charge in [0.1, 0.15) is 0 Å². The Morgan fingerprint density at radius 3 is 1.14 bits per heavy atom.